The van der Waals surface area contributed by atoms with Crippen LogP contribution in [0, 0.1) is 25.2 Å². The van der Waals surface area contributed by atoms with E-state index in [-0.39, 0.29) is 54.7 Å². The molecule has 1 aliphatic heterocycles. The van der Waals surface area contributed by atoms with Gasteiger partial charge in [0.2, 0.25) is 0 Å². The van der Waals surface area contributed by atoms with Gasteiger partial charge in [0.05, 0.1) is 28.6 Å². The van der Waals surface area contributed by atoms with Crippen molar-refractivity contribution in [3.05, 3.63) is 57.2 Å². The Labute approximate surface area is 224 Å². The van der Waals surface area contributed by atoms with Gasteiger partial charge in [-0.15, -0.1) is 0 Å². The summed E-state index contributed by atoms with van der Waals surface area (Å²) in [7, 11) is 0. The summed E-state index contributed by atoms with van der Waals surface area (Å²) in [4.78, 5) is 31.7. The van der Waals surface area contributed by atoms with Crippen LogP contribution in [0.1, 0.15) is 104 Å². The quantitative estimate of drug-likeness (QED) is 0.404. The summed E-state index contributed by atoms with van der Waals surface area (Å²) in [5.74, 6) is 0.234. The van der Waals surface area contributed by atoms with Gasteiger partial charge in [0.1, 0.15) is 11.3 Å². The Balaban J connectivity index is 1.24. The predicted molar refractivity (Wildman–Crippen MR) is 137 cm³/mol. The second kappa shape index (κ2) is 8.81. The maximum Gasteiger partial charge on any atom is 0.394 e. The van der Waals surface area contributed by atoms with E-state index in [1.807, 2.05) is 30.7 Å². The Kier molecular flexibility index (Phi) is 5.67. The van der Waals surface area contributed by atoms with Crippen LogP contribution in [0.2, 0.25) is 0 Å². The van der Waals surface area contributed by atoms with Crippen molar-refractivity contribution in [2.45, 2.75) is 95.4 Å². The highest BCUT2D eigenvalue weighted by Crippen LogP contribution is 2.70. The molecule has 0 spiro atoms. The molecule has 5 fully saturated rings. The molecule has 4 aliphatic carbocycles. The van der Waals surface area contributed by atoms with E-state index >= 15 is 0 Å². The fourth-order valence-corrected chi connectivity index (χ4v) is 7.17. The molecule has 2 bridgehead atoms. The van der Waals surface area contributed by atoms with Crippen LogP contribution in [-0.4, -0.2) is 37.3 Å². The zero-order valence-electron chi connectivity index (χ0n) is 22.2. The molecule has 4 heterocycles. The fraction of sp³-hybridized carbons (Fsp3) is 0.621. The smallest absolute Gasteiger partial charge is 0.373 e. The molecule has 3 aromatic rings. The lowest BCUT2D eigenvalue weighted by atomic mass is 9.68. The molecule has 7 nitrogen and oxygen atoms in total. The minimum Gasteiger partial charge on any atom is -0.373 e. The van der Waals surface area contributed by atoms with Gasteiger partial charge in [0.15, 0.2) is 5.65 Å². The largest absolute Gasteiger partial charge is 0.394 e. The molecule has 4 saturated carbocycles. The summed E-state index contributed by atoms with van der Waals surface area (Å²) in [6.07, 6.45) is 2.42. The number of aromatic nitrogens is 5. The average molecular weight is 540 g/mol. The van der Waals surface area contributed by atoms with E-state index in [4.69, 9.17) is 24.7 Å². The standard InChI is InChI=1S/C29H32F3N5O2/c1-15-16(2)34-27-25(33-15)24(21-13-28(29(30,31)32)11-19(21)12-28)35-26(36-27)17-8-9-39-22(10-17)18-6-7-23(38)37(14-18)20-4-3-5-20/h6-7,14,17,19-22H,3-5,8-13H2,1-2H3. The highest BCUT2D eigenvalue weighted by Gasteiger charge is 2.69. The molecule has 5 aliphatic rings. The van der Waals surface area contributed by atoms with Crippen LogP contribution >= 0.6 is 0 Å². The summed E-state index contributed by atoms with van der Waals surface area (Å²) in [5.41, 5.74) is 2.49. The van der Waals surface area contributed by atoms with Crippen LogP contribution in [0.4, 0.5) is 13.2 Å². The number of rotatable bonds is 4. The summed E-state index contributed by atoms with van der Waals surface area (Å²) in [5, 5.41) is 0. The molecule has 206 valence electrons. The van der Waals surface area contributed by atoms with E-state index in [2.05, 4.69) is 0 Å². The minimum absolute atomic E-state index is 0.00845. The molecule has 1 saturated heterocycles. The predicted octanol–water partition coefficient (Wildman–Crippen LogP) is 6.00. The average Bonchev–Trinajstić information content (AvgIpc) is 3.43. The summed E-state index contributed by atoms with van der Waals surface area (Å²) in [6, 6.07) is 3.72. The Morgan fingerprint density at radius 2 is 1.77 bits per heavy atom. The molecule has 0 aromatic carbocycles. The van der Waals surface area contributed by atoms with E-state index in [9.17, 15) is 18.0 Å². The fourth-order valence-electron chi connectivity index (χ4n) is 7.17. The first-order valence-corrected chi connectivity index (χ1v) is 14.0. The normalized spacial score (nSPS) is 30.8. The van der Waals surface area contributed by atoms with Gasteiger partial charge in [-0.2, -0.15) is 13.2 Å². The lowest BCUT2D eigenvalue weighted by molar-refractivity contribution is -0.244. The number of nitrogens with zero attached hydrogens (tertiary/aromatic N) is 5. The van der Waals surface area contributed by atoms with Crippen molar-refractivity contribution in [1.82, 2.24) is 24.5 Å². The van der Waals surface area contributed by atoms with Crippen molar-refractivity contribution in [3.8, 4) is 0 Å². The van der Waals surface area contributed by atoms with Crippen LogP contribution in [0.5, 0.6) is 0 Å². The number of fused-ring (bicyclic) bond motifs is 2. The third-order valence-corrected chi connectivity index (χ3v) is 9.87. The van der Waals surface area contributed by atoms with Crippen molar-refractivity contribution in [1.29, 1.82) is 0 Å². The number of ether oxygens (including phenoxy) is 1. The van der Waals surface area contributed by atoms with E-state index in [0.29, 0.717) is 42.1 Å². The van der Waals surface area contributed by atoms with Crippen LogP contribution in [0.15, 0.2) is 23.1 Å². The number of pyridine rings is 1. The molecule has 10 heteroatoms. The van der Waals surface area contributed by atoms with Gasteiger partial charge in [-0.1, -0.05) is 0 Å². The molecular formula is C29H32F3N5O2. The monoisotopic (exact) mass is 539 g/mol. The van der Waals surface area contributed by atoms with E-state index < -0.39 is 11.6 Å². The second-order valence-electron chi connectivity index (χ2n) is 12.2. The van der Waals surface area contributed by atoms with Gasteiger partial charge in [0, 0.05) is 36.7 Å². The van der Waals surface area contributed by atoms with Crippen LogP contribution in [-0.2, 0) is 4.74 Å². The number of hydrogen-bond acceptors (Lipinski definition) is 6. The number of hydrogen-bond donors (Lipinski definition) is 0. The van der Waals surface area contributed by atoms with Crippen molar-refractivity contribution < 1.29 is 17.9 Å². The van der Waals surface area contributed by atoms with Crippen molar-refractivity contribution in [2.75, 3.05) is 6.61 Å². The van der Waals surface area contributed by atoms with Crippen molar-refractivity contribution in [2.24, 2.45) is 11.3 Å². The summed E-state index contributed by atoms with van der Waals surface area (Å²) in [6.45, 7) is 4.24. The van der Waals surface area contributed by atoms with Gasteiger partial charge in [-0.05, 0) is 82.8 Å². The van der Waals surface area contributed by atoms with Crippen LogP contribution in [0.3, 0.4) is 0 Å². The lowest BCUT2D eigenvalue weighted by Gasteiger charge is -2.39. The first kappa shape index (κ1) is 25.1. The van der Waals surface area contributed by atoms with E-state index in [1.54, 1.807) is 6.07 Å². The zero-order valence-corrected chi connectivity index (χ0v) is 22.2. The maximum atomic E-state index is 13.9. The molecule has 3 aromatic heterocycles. The first-order chi connectivity index (χ1) is 18.6. The summed E-state index contributed by atoms with van der Waals surface area (Å²) >= 11 is 0. The first-order valence-electron chi connectivity index (χ1n) is 14.0. The Bertz CT molecular complexity index is 1510. The molecule has 0 amide bonds. The highest BCUT2D eigenvalue weighted by atomic mass is 19.4. The van der Waals surface area contributed by atoms with Crippen molar-refractivity contribution >= 4 is 11.2 Å². The Morgan fingerprint density at radius 1 is 1.00 bits per heavy atom. The molecule has 0 N–H and O–H groups in total. The molecular weight excluding hydrogens is 507 g/mol. The topological polar surface area (TPSA) is 82.8 Å². The third kappa shape index (κ3) is 4.00. The molecule has 8 rings (SSSR count). The third-order valence-electron chi connectivity index (χ3n) is 9.87. The molecule has 3 unspecified atom stereocenters. The van der Waals surface area contributed by atoms with Crippen LogP contribution < -0.4 is 5.56 Å². The van der Waals surface area contributed by atoms with Gasteiger partial charge in [-0.3, -0.25) is 4.79 Å². The number of alkyl halides is 3. The lowest BCUT2D eigenvalue weighted by Crippen LogP contribution is -2.42. The van der Waals surface area contributed by atoms with Crippen molar-refractivity contribution in [3.63, 3.8) is 0 Å². The number of halogens is 3. The molecule has 0 radical (unpaired) electrons. The van der Waals surface area contributed by atoms with E-state index in [1.165, 1.54) is 0 Å². The van der Waals surface area contributed by atoms with Gasteiger partial charge < -0.3 is 9.30 Å². The number of aryl methyl sites for hydroxylation is 2. The highest BCUT2D eigenvalue weighted by molar-refractivity contribution is 5.74. The minimum atomic E-state index is -4.20. The van der Waals surface area contributed by atoms with E-state index in [0.717, 1.165) is 36.2 Å². The molecule has 3 atom stereocenters. The van der Waals surface area contributed by atoms with Gasteiger partial charge in [0.25, 0.3) is 5.56 Å². The molecule has 39 heavy (non-hydrogen) atoms. The maximum absolute atomic E-state index is 13.9. The van der Waals surface area contributed by atoms with Gasteiger partial charge >= 0.3 is 6.18 Å². The Morgan fingerprint density at radius 3 is 2.46 bits per heavy atom. The van der Waals surface area contributed by atoms with Gasteiger partial charge in [-0.25, -0.2) is 19.9 Å². The SMILES string of the molecule is Cc1nc2nc(C3CCOC(c4ccc(=O)n(C5CCC5)c4)C3)nc(C3CC4(C(F)(F)F)CC3C4)c2nc1C. The summed E-state index contributed by atoms with van der Waals surface area (Å²) < 4.78 is 49.7. The zero-order chi connectivity index (χ0) is 27.1. The Hall–Kier alpha value is -2.88. The van der Waals surface area contributed by atoms with Crippen LogP contribution in [0.25, 0.3) is 11.2 Å². The second-order valence-corrected chi connectivity index (χ2v) is 12.2.